The van der Waals surface area contributed by atoms with Gasteiger partial charge in [0, 0.05) is 50.0 Å². The van der Waals surface area contributed by atoms with Gasteiger partial charge in [0.1, 0.15) is 0 Å². The number of aromatic nitrogens is 2. The quantitative estimate of drug-likeness (QED) is 0.695. The summed E-state index contributed by atoms with van der Waals surface area (Å²) in [4.78, 5) is 32.7. The van der Waals surface area contributed by atoms with Gasteiger partial charge in [-0.2, -0.15) is 0 Å². The van der Waals surface area contributed by atoms with Crippen LogP contribution >= 0.6 is 0 Å². The van der Waals surface area contributed by atoms with Crippen molar-refractivity contribution in [3.8, 4) is 0 Å². The number of rotatable bonds is 5. The van der Waals surface area contributed by atoms with E-state index in [4.69, 9.17) is 0 Å². The number of hydrogen-bond acceptors (Lipinski definition) is 4. The van der Waals surface area contributed by atoms with Gasteiger partial charge in [-0.05, 0) is 55.0 Å². The van der Waals surface area contributed by atoms with Gasteiger partial charge in [0.05, 0.1) is 11.4 Å². The lowest BCUT2D eigenvalue weighted by molar-refractivity contribution is -0.138. The molecule has 0 radical (unpaired) electrons. The van der Waals surface area contributed by atoms with Crippen LogP contribution in [0.1, 0.15) is 36.3 Å². The van der Waals surface area contributed by atoms with E-state index in [1.54, 1.807) is 17.7 Å². The number of nitrogens with zero attached hydrogens (tertiary/aromatic N) is 3. The van der Waals surface area contributed by atoms with Crippen LogP contribution in [0, 0.1) is 5.92 Å². The minimum atomic E-state index is -0.163. The Balaban J connectivity index is 1.45. The highest BCUT2D eigenvalue weighted by molar-refractivity contribution is 5.84. The second-order valence-electron chi connectivity index (χ2n) is 8.80. The molecule has 2 fully saturated rings. The van der Waals surface area contributed by atoms with E-state index in [2.05, 4.69) is 33.4 Å². The summed E-state index contributed by atoms with van der Waals surface area (Å²) in [6, 6.07) is 14.2. The lowest BCUT2D eigenvalue weighted by Crippen LogP contribution is -2.47. The van der Waals surface area contributed by atoms with Crippen LogP contribution in [0.25, 0.3) is 10.9 Å². The monoisotopic (exact) mass is 416 g/mol. The number of benzene rings is 1. The van der Waals surface area contributed by atoms with Gasteiger partial charge in [-0.25, -0.2) is 0 Å². The molecule has 3 heterocycles. The Labute approximate surface area is 181 Å². The first-order chi connectivity index (χ1) is 15.1. The zero-order valence-corrected chi connectivity index (χ0v) is 17.8. The fourth-order valence-corrected chi connectivity index (χ4v) is 4.78. The third kappa shape index (κ3) is 4.00. The molecule has 160 valence electrons. The average molecular weight is 417 g/mol. The van der Waals surface area contributed by atoms with Gasteiger partial charge in [0.15, 0.2) is 0 Å². The van der Waals surface area contributed by atoms with Crippen molar-refractivity contribution in [1.82, 2.24) is 19.8 Å². The predicted octanol–water partition coefficient (Wildman–Crippen LogP) is 2.82. The minimum absolute atomic E-state index is 0.0249. The van der Waals surface area contributed by atoms with Crippen LogP contribution in [0.2, 0.25) is 0 Å². The number of nitrogens with one attached hydrogen (secondary N) is 1. The number of fused-ring (bicyclic) bond motifs is 1. The van der Waals surface area contributed by atoms with Gasteiger partial charge in [-0.1, -0.05) is 24.3 Å². The molecule has 2 aliphatic rings. The van der Waals surface area contributed by atoms with E-state index in [-0.39, 0.29) is 23.3 Å². The Morgan fingerprint density at radius 3 is 2.84 bits per heavy atom. The summed E-state index contributed by atoms with van der Waals surface area (Å²) < 4.78 is 1.57. The Morgan fingerprint density at radius 1 is 1.19 bits per heavy atom. The molecule has 6 heteroatoms. The first-order valence-electron chi connectivity index (χ1n) is 11.1. The third-order valence-corrected chi connectivity index (χ3v) is 6.68. The molecule has 3 aromatic rings. The first kappa shape index (κ1) is 19.9. The molecule has 0 bridgehead atoms. The van der Waals surface area contributed by atoms with Crippen molar-refractivity contribution in [2.75, 3.05) is 13.1 Å². The number of pyridine rings is 2. The van der Waals surface area contributed by atoms with E-state index in [9.17, 15) is 9.59 Å². The van der Waals surface area contributed by atoms with Gasteiger partial charge in [-0.15, -0.1) is 0 Å². The van der Waals surface area contributed by atoms with E-state index < -0.39 is 0 Å². The molecular formula is C25H28N4O2. The van der Waals surface area contributed by atoms with Crippen LogP contribution in [0.3, 0.4) is 0 Å². The molecule has 6 nitrogen and oxygen atoms in total. The summed E-state index contributed by atoms with van der Waals surface area (Å²) in [5, 5.41) is 4.50. The van der Waals surface area contributed by atoms with E-state index in [1.807, 2.05) is 30.6 Å². The predicted molar refractivity (Wildman–Crippen MR) is 121 cm³/mol. The number of piperidine rings is 1. The normalized spacial score (nSPS) is 21.2. The van der Waals surface area contributed by atoms with Crippen molar-refractivity contribution in [2.45, 2.75) is 37.8 Å². The smallest absolute Gasteiger partial charge is 0.250 e. The van der Waals surface area contributed by atoms with Gasteiger partial charge in [0.2, 0.25) is 5.91 Å². The summed E-state index contributed by atoms with van der Waals surface area (Å²) >= 11 is 0. The number of amides is 1. The number of hydrogen-bond donors (Lipinski definition) is 1. The summed E-state index contributed by atoms with van der Waals surface area (Å²) in [5.74, 6) is 0.0900. The first-order valence-corrected chi connectivity index (χ1v) is 11.1. The molecule has 2 atom stereocenters. The highest BCUT2D eigenvalue weighted by Gasteiger charge is 2.40. The van der Waals surface area contributed by atoms with Crippen LogP contribution in [0.5, 0.6) is 0 Å². The Bertz CT molecular complexity index is 1160. The molecule has 0 unspecified atom stereocenters. The minimum Gasteiger partial charge on any atom is -0.335 e. The topological polar surface area (TPSA) is 67.2 Å². The van der Waals surface area contributed by atoms with Crippen molar-refractivity contribution in [3.05, 3.63) is 76.3 Å². The molecular weight excluding hydrogens is 388 g/mol. The molecule has 31 heavy (non-hydrogen) atoms. The maximum Gasteiger partial charge on any atom is 0.250 e. The van der Waals surface area contributed by atoms with Crippen LogP contribution in [-0.2, 0) is 18.4 Å². The van der Waals surface area contributed by atoms with Crippen LogP contribution in [0.4, 0.5) is 0 Å². The van der Waals surface area contributed by atoms with Crippen LogP contribution in [0.15, 0.2) is 59.7 Å². The van der Waals surface area contributed by atoms with Gasteiger partial charge in [-0.3, -0.25) is 14.6 Å². The summed E-state index contributed by atoms with van der Waals surface area (Å²) in [6.07, 6.45) is 6.59. The summed E-state index contributed by atoms with van der Waals surface area (Å²) in [5.41, 5.74) is 3.01. The molecule has 1 aliphatic carbocycles. The second kappa shape index (κ2) is 8.27. The third-order valence-electron chi connectivity index (χ3n) is 6.68. The average Bonchev–Trinajstić information content (AvgIpc) is 3.64. The fraction of sp³-hybridized carbons (Fsp3) is 0.400. The molecule has 1 aliphatic heterocycles. The largest absolute Gasteiger partial charge is 0.335 e. The standard InChI is InChI=1S/C25H28N4O2/c1-28-13-10-18(14-23(28)30)21-9-12-26-15-22(21)25(31)29(20-7-8-20)16-19-5-2-4-17-6-3-11-27-24(17)19/h2-6,10-11,13-14,20-22,26H,7-9,12,15-16H2,1H3/t21-,22+/m1/s1. The van der Waals surface area contributed by atoms with E-state index in [1.165, 1.54) is 0 Å². The molecule has 5 rings (SSSR count). The van der Waals surface area contributed by atoms with E-state index >= 15 is 0 Å². The Kier molecular flexibility index (Phi) is 5.32. The van der Waals surface area contributed by atoms with Gasteiger partial charge < -0.3 is 14.8 Å². The molecule has 1 saturated carbocycles. The van der Waals surface area contributed by atoms with E-state index in [0.717, 1.165) is 47.8 Å². The van der Waals surface area contributed by atoms with Crippen LogP contribution in [-0.4, -0.2) is 39.5 Å². The lowest BCUT2D eigenvalue weighted by atomic mass is 9.80. The van der Waals surface area contributed by atoms with Crippen molar-refractivity contribution >= 4 is 16.8 Å². The summed E-state index contributed by atoms with van der Waals surface area (Å²) in [6.45, 7) is 2.09. The molecule has 1 aromatic carbocycles. The molecule has 0 spiro atoms. The van der Waals surface area contributed by atoms with Crippen molar-refractivity contribution < 1.29 is 4.79 Å². The zero-order valence-electron chi connectivity index (χ0n) is 17.8. The van der Waals surface area contributed by atoms with E-state index in [0.29, 0.717) is 19.1 Å². The SMILES string of the molecule is Cn1ccc([C@H]2CCNC[C@@H]2C(=O)N(Cc2cccc3cccnc23)C2CC2)cc1=O. The van der Waals surface area contributed by atoms with Crippen LogP contribution < -0.4 is 10.9 Å². The van der Waals surface area contributed by atoms with Crippen molar-refractivity contribution in [2.24, 2.45) is 13.0 Å². The number of aryl methyl sites for hydroxylation is 1. The highest BCUT2D eigenvalue weighted by Crippen LogP contribution is 2.36. The Morgan fingerprint density at radius 2 is 2.03 bits per heavy atom. The van der Waals surface area contributed by atoms with Gasteiger partial charge >= 0.3 is 0 Å². The fourth-order valence-electron chi connectivity index (χ4n) is 4.78. The maximum absolute atomic E-state index is 13.8. The summed E-state index contributed by atoms with van der Waals surface area (Å²) in [7, 11) is 1.75. The molecule has 1 amide bonds. The van der Waals surface area contributed by atoms with Crippen molar-refractivity contribution in [1.29, 1.82) is 0 Å². The molecule has 1 N–H and O–H groups in total. The lowest BCUT2D eigenvalue weighted by Gasteiger charge is -2.35. The number of carbonyl (C=O) groups excluding carboxylic acids is 1. The highest BCUT2D eigenvalue weighted by atomic mass is 16.2. The molecule has 2 aromatic heterocycles. The number of para-hydroxylation sites is 1. The van der Waals surface area contributed by atoms with Crippen molar-refractivity contribution in [3.63, 3.8) is 0 Å². The maximum atomic E-state index is 13.8. The molecule has 1 saturated heterocycles. The Hall–Kier alpha value is -2.99. The number of carbonyl (C=O) groups is 1. The zero-order chi connectivity index (χ0) is 21.4. The second-order valence-corrected chi connectivity index (χ2v) is 8.80. The van der Waals surface area contributed by atoms with Gasteiger partial charge in [0.25, 0.3) is 5.56 Å².